The Morgan fingerprint density at radius 2 is 2.07 bits per heavy atom. The zero-order valence-corrected chi connectivity index (χ0v) is 15.5. The summed E-state index contributed by atoms with van der Waals surface area (Å²) in [5.41, 5.74) is 10.8. The van der Waals surface area contributed by atoms with Crippen LogP contribution in [0.3, 0.4) is 0 Å². The predicted molar refractivity (Wildman–Crippen MR) is 107 cm³/mol. The molecule has 4 aromatic rings. The molecule has 0 spiro atoms. The Bertz CT molecular complexity index is 1250. The number of aryl methyl sites for hydroxylation is 2. The third-order valence-electron chi connectivity index (χ3n) is 4.37. The number of hydrogen-bond donors (Lipinski definition) is 2. The van der Waals surface area contributed by atoms with Gasteiger partial charge in [0.2, 0.25) is 5.91 Å². The van der Waals surface area contributed by atoms with E-state index in [-0.39, 0.29) is 0 Å². The normalized spacial score (nSPS) is 10.5. The first-order chi connectivity index (χ1) is 13.5. The molecule has 0 aliphatic heterocycles. The number of anilines is 2. The molecule has 0 fully saturated rings. The Morgan fingerprint density at radius 1 is 1.21 bits per heavy atom. The molecule has 3 N–H and O–H groups in total. The van der Waals surface area contributed by atoms with Crippen LogP contribution in [-0.4, -0.2) is 25.1 Å². The van der Waals surface area contributed by atoms with Gasteiger partial charge in [0.05, 0.1) is 23.8 Å². The lowest BCUT2D eigenvalue weighted by molar-refractivity contribution is 0.100. The number of primary amides is 1. The molecule has 3 heterocycles. The van der Waals surface area contributed by atoms with Gasteiger partial charge in [-0.25, -0.2) is 4.98 Å². The van der Waals surface area contributed by atoms with Gasteiger partial charge in [0.15, 0.2) is 5.65 Å². The van der Waals surface area contributed by atoms with E-state index in [2.05, 4.69) is 27.2 Å². The van der Waals surface area contributed by atoms with E-state index in [4.69, 9.17) is 5.73 Å². The molecule has 7 heteroatoms. The molecule has 0 saturated heterocycles. The second-order valence-corrected chi connectivity index (χ2v) is 6.43. The minimum atomic E-state index is -0.469. The largest absolute Gasteiger partial charge is 0.366 e. The van der Waals surface area contributed by atoms with E-state index in [9.17, 15) is 4.79 Å². The summed E-state index contributed by atoms with van der Waals surface area (Å²) in [6, 6.07) is 9.13. The summed E-state index contributed by atoms with van der Waals surface area (Å²) < 4.78 is 3.65. The SMILES string of the molecule is Cc1ccc(C(N)=O)cc1C#Cc1cnc2c(Nc3cnn(C)c3)cccn12. The molecule has 0 radical (unpaired) electrons. The summed E-state index contributed by atoms with van der Waals surface area (Å²) in [6.07, 6.45) is 7.28. The standard InChI is InChI=1S/C21H18N6O/c1-14-5-6-16(20(22)28)10-15(14)7-8-18-12-23-21-19(4-3-9-27(18)21)25-17-11-24-26(2)13-17/h3-6,9-13,25H,1-2H3,(H2,22,28). The number of benzene rings is 1. The highest BCUT2D eigenvalue weighted by molar-refractivity contribution is 5.93. The van der Waals surface area contributed by atoms with Crippen LogP contribution >= 0.6 is 0 Å². The molecule has 0 aliphatic rings. The number of carbonyl (C=O) groups is 1. The van der Waals surface area contributed by atoms with Crippen LogP contribution in [0.1, 0.15) is 27.2 Å². The van der Waals surface area contributed by atoms with Crippen LogP contribution in [0.15, 0.2) is 55.1 Å². The van der Waals surface area contributed by atoms with E-state index in [0.29, 0.717) is 5.56 Å². The van der Waals surface area contributed by atoms with Gasteiger partial charge >= 0.3 is 0 Å². The summed E-state index contributed by atoms with van der Waals surface area (Å²) >= 11 is 0. The fourth-order valence-corrected chi connectivity index (χ4v) is 2.88. The number of pyridine rings is 1. The van der Waals surface area contributed by atoms with Crippen LogP contribution in [0.2, 0.25) is 0 Å². The lowest BCUT2D eigenvalue weighted by Crippen LogP contribution is -2.11. The van der Waals surface area contributed by atoms with E-state index in [0.717, 1.165) is 33.8 Å². The highest BCUT2D eigenvalue weighted by Crippen LogP contribution is 2.21. The van der Waals surface area contributed by atoms with Gasteiger partial charge in [-0.3, -0.25) is 13.9 Å². The van der Waals surface area contributed by atoms with Gasteiger partial charge in [0.25, 0.3) is 0 Å². The second kappa shape index (κ2) is 6.93. The van der Waals surface area contributed by atoms with Crippen molar-refractivity contribution in [2.75, 3.05) is 5.32 Å². The smallest absolute Gasteiger partial charge is 0.248 e. The fraction of sp³-hybridized carbons (Fsp3) is 0.0952. The van der Waals surface area contributed by atoms with Gasteiger partial charge in [0.1, 0.15) is 5.69 Å². The molecule has 1 aromatic carbocycles. The molecule has 28 heavy (non-hydrogen) atoms. The number of carbonyl (C=O) groups excluding carboxylic acids is 1. The average molecular weight is 370 g/mol. The maximum Gasteiger partial charge on any atom is 0.248 e. The number of fused-ring (bicyclic) bond motifs is 1. The Morgan fingerprint density at radius 3 is 2.82 bits per heavy atom. The number of nitrogens with one attached hydrogen (secondary N) is 1. The Labute approximate surface area is 161 Å². The summed E-state index contributed by atoms with van der Waals surface area (Å²) in [6.45, 7) is 1.94. The number of imidazole rings is 1. The van der Waals surface area contributed by atoms with Crippen LogP contribution in [0.25, 0.3) is 5.65 Å². The first-order valence-corrected chi connectivity index (χ1v) is 8.65. The number of hydrogen-bond acceptors (Lipinski definition) is 4. The quantitative estimate of drug-likeness (QED) is 0.543. The minimum absolute atomic E-state index is 0.441. The molecule has 4 rings (SSSR count). The van der Waals surface area contributed by atoms with Crippen molar-refractivity contribution >= 4 is 22.9 Å². The maximum absolute atomic E-state index is 11.4. The second-order valence-electron chi connectivity index (χ2n) is 6.43. The highest BCUT2D eigenvalue weighted by Gasteiger charge is 2.08. The lowest BCUT2D eigenvalue weighted by atomic mass is 10.0. The van der Waals surface area contributed by atoms with Crippen molar-refractivity contribution in [3.8, 4) is 11.8 Å². The van der Waals surface area contributed by atoms with E-state index in [1.54, 1.807) is 29.2 Å². The molecule has 0 saturated carbocycles. The van der Waals surface area contributed by atoms with Crippen molar-refractivity contribution in [3.05, 3.63) is 77.5 Å². The van der Waals surface area contributed by atoms with Crippen LogP contribution in [0.5, 0.6) is 0 Å². The van der Waals surface area contributed by atoms with Crippen molar-refractivity contribution < 1.29 is 4.79 Å². The van der Waals surface area contributed by atoms with Gasteiger partial charge in [-0.05, 0) is 42.7 Å². The van der Waals surface area contributed by atoms with E-state index < -0.39 is 5.91 Å². The molecule has 0 aliphatic carbocycles. The third-order valence-corrected chi connectivity index (χ3v) is 4.37. The summed E-state index contributed by atoms with van der Waals surface area (Å²) in [7, 11) is 1.87. The molecular weight excluding hydrogens is 352 g/mol. The number of amides is 1. The summed E-state index contributed by atoms with van der Waals surface area (Å²) in [5, 5.41) is 7.48. The van der Waals surface area contributed by atoms with Gasteiger partial charge in [0, 0.05) is 30.6 Å². The van der Waals surface area contributed by atoms with Crippen molar-refractivity contribution in [1.29, 1.82) is 0 Å². The topological polar surface area (TPSA) is 90.2 Å². The number of aromatic nitrogens is 4. The first-order valence-electron chi connectivity index (χ1n) is 8.65. The Hall–Kier alpha value is -4.05. The van der Waals surface area contributed by atoms with Gasteiger partial charge in [-0.2, -0.15) is 5.10 Å². The van der Waals surface area contributed by atoms with Crippen molar-refractivity contribution in [2.45, 2.75) is 6.92 Å². The van der Waals surface area contributed by atoms with Gasteiger partial charge in [-0.1, -0.05) is 12.0 Å². The fourth-order valence-electron chi connectivity index (χ4n) is 2.88. The van der Waals surface area contributed by atoms with Gasteiger partial charge in [-0.15, -0.1) is 0 Å². The van der Waals surface area contributed by atoms with Crippen molar-refractivity contribution in [2.24, 2.45) is 12.8 Å². The maximum atomic E-state index is 11.4. The summed E-state index contributed by atoms with van der Waals surface area (Å²) in [5.74, 6) is 5.79. The van der Waals surface area contributed by atoms with E-state index in [1.165, 1.54) is 0 Å². The molecule has 3 aromatic heterocycles. The van der Waals surface area contributed by atoms with Crippen molar-refractivity contribution in [3.63, 3.8) is 0 Å². The van der Waals surface area contributed by atoms with Gasteiger partial charge < -0.3 is 11.1 Å². The number of nitrogens with zero attached hydrogens (tertiary/aromatic N) is 4. The number of rotatable bonds is 3. The molecule has 0 unspecified atom stereocenters. The molecule has 0 atom stereocenters. The molecule has 7 nitrogen and oxygen atoms in total. The molecule has 138 valence electrons. The monoisotopic (exact) mass is 370 g/mol. The third kappa shape index (κ3) is 3.31. The van der Waals surface area contributed by atoms with Crippen LogP contribution < -0.4 is 11.1 Å². The minimum Gasteiger partial charge on any atom is -0.366 e. The van der Waals surface area contributed by atoms with E-state index >= 15 is 0 Å². The van der Waals surface area contributed by atoms with Crippen molar-refractivity contribution in [1.82, 2.24) is 19.2 Å². The molecular formula is C21H18N6O. The lowest BCUT2D eigenvalue weighted by Gasteiger charge is -2.05. The average Bonchev–Trinajstić information content (AvgIpc) is 3.27. The zero-order chi connectivity index (χ0) is 19.7. The number of nitrogens with two attached hydrogens (primary N) is 1. The summed E-state index contributed by atoms with van der Waals surface area (Å²) in [4.78, 5) is 15.9. The first kappa shape index (κ1) is 17.4. The zero-order valence-electron chi connectivity index (χ0n) is 15.5. The Balaban J connectivity index is 1.70. The Kier molecular flexibility index (Phi) is 4.30. The predicted octanol–water partition coefficient (Wildman–Crippen LogP) is 2.62. The molecule has 0 bridgehead atoms. The molecule has 1 amide bonds. The van der Waals surface area contributed by atoms with E-state index in [1.807, 2.05) is 49.0 Å². The van der Waals surface area contributed by atoms with Crippen LogP contribution in [0, 0.1) is 18.8 Å². The highest BCUT2D eigenvalue weighted by atomic mass is 16.1. The van der Waals surface area contributed by atoms with Crippen LogP contribution in [0.4, 0.5) is 11.4 Å². The van der Waals surface area contributed by atoms with Crippen LogP contribution in [-0.2, 0) is 7.05 Å².